The van der Waals surface area contributed by atoms with Gasteiger partial charge in [0, 0.05) is 7.05 Å². The standard InChI is InChI=1S/C11H8ClN5O/c1-14-10-15-9(12)16-11(17-10)18-8-4-2-3-7(5-8)6-13/h2-5H,1H3,(H,14,15,16,17). The van der Waals surface area contributed by atoms with Crippen molar-refractivity contribution in [3.05, 3.63) is 35.1 Å². The van der Waals surface area contributed by atoms with Crippen molar-refractivity contribution in [2.45, 2.75) is 0 Å². The van der Waals surface area contributed by atoms with Crippen LogP contribution in [0.5, 0.6) is 11.8 Å². The number of rotatable bonds is 3. The molecule has 7 heteroatoms. The van der Waals surface area contributed by atoms with Crippen LogP contribution in [0.1, 0.15) is 5.56 Å². The normalized spacial score (nSPS) is 9.61. The fourth-order valence-electron chi connectivity index (χ4n) is 1.22. The Morgan fingerprint density at radius 2 is 2.17 bits per heavy atom. The lowest BCUT2D eigenvalue weighted by Crippen LogP contribution is -2.01. The van der Waals surface area contributed by atoms with Gasteiger partial charge in [-0.3, -0.25) is 0 Å². The average molecular weight is 262 g/mol. The molecule has 0 amide bonds. The first kappa shape index (κ1) is 12.1. The molecule has 2 aromatic rings. The van der Waals surface area contributed by atoms with E-state index >= 15 is 0 Å². The molecule has 90 valence electrons. The van der Waals surface area contributed by atoms with E-state index in [2.05, 4.69) is 20.3 Å². The zero-order chi connectivity index (χ0) is 13.0. The highest BCUT2D eigenvalue weighted by atomic mass is 35.5. The summed E-state index contributed by atoms with van der Waals surface area (Å²) in [6.45, 7) is 0. The zero-order valence-electron chi connectivity index (χ0n) is 9.38. The van der Waals surface area contributed by atoms with Crippen molar-refractivity contribution >= 4 is 17.5 Å². The molecule has 0 radical (unpaired) electrons. The van der Waals surface area contributed by atoms with Crippen molar-refractivity contribution in [2.24, 2.45) is 0 Å². The maximum Gasteiger partial charge on any atom is 0.328 e. The molecule has 18 heavy (non-hydrogen) atoms. The van der Waals surface area contributed by atoms with Crippen LogP contribution in [-0.2, 0) is 0 Å². The van der Waals surface area contributed by atoms with Crippen LogP contribution in [-0.4, -0.2) is 22.0 Å². The van der Waals surface area contributed by atoms with Crippen LogP contribution in [0.4, 0.5) is 5.95 Å². The molecule has 0 aliphatic rings. The second-order valence-electron chi connectivity index (χ2n) is 3.20. The van der Waals surface area contributed by atoms with E-state index in [9.17, 15) is 0 Å². The highest BCUT2D eigenvalue weighted by Crippen LogP contribution is 2.20. The Kier molecular flexibility index (Phi) is 3.55. The van der Waals surface area contributed by atoms with Crippen molar-refractivity contribution in [3.8, 4) is 17.8 Å². The maximum atomic E-state index is 8.78. The minimum atomic E-state index is 0.0285. The van der Waals surface area contributed by atoms with Gasteiger partial charge in [0.15, 0.2) is 0 Å². The molecule has 0 aliphatic carbocycles. The van der Waals surface area contributed by atoms with Crippen LogP contribution in [0.25, 0.3) is 0 Å². The summed E-state index contributed by atoms with van der Waals surface area (Å²) in [5, 5.41) is 11.5. The first-order valence-corrected chi connectivity index (χ1v) is 5.36. The van der Waals surface area contributed by atoms with Crippen LogP contribution in [0.2, 0.25) is 5.28 Å². The smallest absolute Gasteiger partial charge is 0.328 e. The molecule has 0 saturated carbocycles. The summed E-state index contributed by atoms with van der Waals surface area (Å²) in [7, 11) is 1.66. The van der Waals surface area contributed by atoms with Crippen molar-refractivity contribution in [1.82, 2.24) is 15.0 Å². The molecule has 1 N–H and O–H groups in total. The van der Waals surface area contributed by atoms with Gasteiger partial charge in [0.25, 0.3) is 0 Å². The van der Waals surface area contributed by atoms with E-state index < -0.39 is 0 Å². The molecule has 0 fully saturated rings. The van der Waals surface area contributed by atoms with Crippen LogP contribution < -0.4 is 10.1 Å². The average Bonchev–Trinajstić information content (AvgIpc) is 2.38. The third-order valence-electron chi connectivity index (χ3n) is 1.98. The fourth-order valence-corrected chi connectivity index (χ4v) is 1.38. The molecular formula is C11H8ClN5O. The lowest BCUT2D eigenvalue weighted by molar-refractivity contribution is 0.440. The largest absolute Gasteiger partial charge is 0.424 e. The Bertz CT molecular complexity index is 611. The number of benzene rings is 1. The molecule has 0 atom stereocenters. The van der Waals surface area contributed by atoms with E-state index in [0.717, 1.165) is 0 Å². The molecule has 0 bridgehead atoms. The second-order valence-corrected chi connectivity index (χ2v) is 3.54. The molecule has 1 aromatic heterocycles. The van der Waals surface area contributed by atoms with Gasteiger partial charge in [-0.2, -0.15) is 20.2 Å². The number of aromatic nitrogens is 3. The third kappa shape index (κ3) is 2.84. The van der Waals surface area contributed by atoms with Crippen molar-refractivity contribution in [2.75, 3.05) is 12.4 Å². The molecule has 1 aromatic carbocycles. The van der Waals surface area contributed by atoms with Crippen molar-refractivity contribution in [1.29, 1.82) is 5.26 Å². The fraction of sp³-hybridized carbons (Fsp3) is 0.0909. The van der Waals surface area contributed by atoms with Gasteiger partial charge < -0.3 is 10.1 Å². The SMILES string of the molecule is CNc1nc(Cl)nc(Oc2cccc(C#N)c2)n1. The van der Waals surface area contributed by atoms with E-state index in [4.69, 9.17) is 21.6 Å². The first-order valence-electron chi connectivity index (χ1n) is 4.98. The summed E-state index contributed by atoms with van der Waals surface area (Å²) in [6, 6.07) is 8.73. The van der Waals surface area contributed by atoms with Crippen LogP contribution in [0.15, 0.2) is 24.3 Å². The molecule has 1 heterocycles. The lowest BCUT2D eigenvalue weighted by Gasteiger charge is -2.05. The topological polar surface area (TPSA) is 83.7 Å². The quantitative estimate of drug-likeness (QED) is 0.912. The van der Waals surface area contributed by atoms with Gasteiger partial charge in [-0.25, -0.2) is 0 Å². The number of nitriles is 1. The number of nitrogens with one attached hydrogen (secondary N) is 1. The minimum Gasteiger partial charge on any atom is -0.424 e. The maximum absolute atomic E-state index is 8.78. The Balaban J connectivity index is 2.28. The molecular weight excluding hydrogens is 254 g/mol. The number of ether oxygens (including phenoxy) is 1. The van der Waals surface area contributed by atoms with Crippen molar-refractivity contribution < 1.29 is 4.74 Å². The Morgan fingerprint density at radius 1 is 1.33 bits per heavy atom. The number of anilines is 1. The Hall–Kier alpha value is -2.39. The summed E-state index contributed by atoms with van der Waals surface area (Å²) in [5.74, 6) is 0.764. The predicted octanol–water partition coefficient (Wildman–Crippen LogP) is 2.23. The van der Waals surface area contributed by atoms with Gasteiger partial charge in [-0.1, -0.05) is 6.07 Å². The lowest BCUT2D eigenvalue weighted by atomic mass is 10.2. The van der Waals surface area contributed by atoms with Crippen molar-refractivity contribution in [3.63, 3.8) is 0 Å². The monoisotopic (exact) mass is 261 g/mol. The zero-order valence-corrected chi connectivity index (χ0v) is 10.1. The van der Waals surface area contributed by atoms with Crippen LogP contribution >= 0.6 is 11.6 Å². The Morgan fingerprint density at radius 3 is 2.89 bits per heavy atom. The van der Waals surface area contributed by atoms with E-state index in [1.54, 1.807) is 31.3 Å². The molecule has 0 aliphatic heterocycles. The van der Waals surface area contributed by atoms with Gasteiger partial charge in [0.1, 0.15) is 5.75 Å². The first-order chi connectivity index (χ1) is 8.71. The predicted molar refractivity (Wildman–Crippen MR) is 65.6 cm³/mol. The van der Waals surface area contributed by atoms with Crippen LogP contribution in [0.3, 0.4) is 0 Å². The van der Waals surface area contributed by atoms with Gasteiger partial charge in [0.05, 0.1) is 11.6 Å². The molecule has 2 rings (SSSR count). The van der Waals surface area contributed by atoms with Crippen LogP contribution in [0, 0.1) is 11.3 Å². The highest BCUT2D eigenvalue weighted by molar-refractivity contribution is 6.28. The minimum absolute atomic E-state index is 0.0285. The summed E-state index contributed by atoms with van der Waals surface area (Å²) < 4.78 is 5.41. The number of hydrogen-bond acceptors (Lipinski definition) is 6. The third-order valence-corrected chi connectivity index (χ3v) is 2.15. The van der Waals surface area contributed by atoms with Gasteiger partial charge in [0.2, 0.25) is 11.2 Å². The van der Waals surface area contributed by atoms with E-state index in [-0.39, 0.29) is 11.3 Å². The molecule has 0 saturated heterocycles. The van der Waals surface area contributed by atoms with Gasteiger partial charge >= 0.3 is 6.01 Å². The summed E-state index contributed by atoms with van der Waals surface area (Å²) in [4.78, 5) is 11.6. The number of halogens is 1. The highest BCUT2D eigenvalue weighted by Gasteiger charge is 2.06. The van der Waals surface area contributed by atoms with Gasteiger partial charge in [-0.05, 0) is 29.8 Å². The molecule has 0 spiro atoms. The van der Waals surface area contributed by atoms with Gasteiger partial charge in [-0.15, -0.1) is 0 Å². The van der Waals surface area contributed by atoms with E-state index in [0.29, 0.717) is 17.3 Å². The van der Waals surface area contributed by atoms with E-state index in [1.165, 1.54) is 0 Å². The molecule has 6 nitrogen and oxygen atoms in total. The molecule has 0 unspecified atom stereocenters. The summed E-state index contributed by atoms with van der Waals surface area (Å²) in [5.41, 5.74) is 0.487. The number of nitrogens with zero attached hydrogens (tertiary/aromatic N) is 4. The second kappa shape index (κ2) is 5.29. The number of hydrogen-bond donors (Lipinski definition) is 1. The summed E-state index contributed by atoms with van der Waals surface area (Å²) in [6.07, 6.45) is 0. The van der Waals surface area contributed by atoms with E-state index in [1.807, 2.05) is 6.07 Å². The summed E-state index contributed by atoms with van der Waals surface area (Å²) >= 11 is 5.72. The Labute approximate surface area is 108 Å².